The molecular formula is C11H12NO2PS. The Bertz CT molecular complexity index is 432. The quantitative estimate of drug-likeness (QED) is 0.598. The van der Waals surface area contributed by atoms with Gasteiger partial charge in [-0.3, -0.25) is 9.59 Å². The summed E-state index contributed by atoms with van der Waals surface area (Å²) in [5, 5.41) is -0.251. The number of hydrogen-bond donors (Lipinski definition) is 0. The lowest BCUT2D eigenvalue weighted by molar-refractivity contribution is -0.121. The van der Waals surface area contributed by atoms with Gasteiger partial charge >= 0.3 is 0 Å². The van der Waals surface area contributed by atoms with E-state index in [1.807, 2.05) is 19.1 Å². The number of rotatable bonds is 2. The van der Waals surface area contributed by atoms with E-state index in [0.717, 1.165) is 5.56 Å². The number of aryl methyl sites for hydroxylation is 1. The third-order valence-electron chi connectivity index (χ3n) is 2.56. The highest BCUT2D eigenvalue weighted by molar-refractivity contribution is 8.44. The Morgan fingerprint density at radius 3 is 2.44 bits per heavy atom. The van der Waals surface area contributed by atoms with E-state index in [9.17, 15) is 9.59 Å². The van der Waals surface area contributed by atoms with E-state index < -0.39 is 0 Å². The summed E-state index contributed by atoms with van der Waals surface area (Å²) in [7, 11) is 2.44. The topological polar surface area (TPSA) is 37.4 Å². The average molecular weight is 253 g/mol. The molecule has 2 amide bonds. The molecular weight excluding hydrogens is 241 g/mol. The highest BCUT2D eigenvalue weighted by Gasteiger charge is 2.38. The summed E-state index contributed by atoms with van der Waals surface area (Å²) in [6.45, 7) is 1.97. The van der Waals surface area contributed by atoms with Crippen molar-refractivity contribution in [3.63, 3.8) is 0 Å². The predicted octanol–water partition coefficient (Wildman–Crippen LogP) is 2.15. The number of hydrogen-bond acceptors (Lipinski definition) is 3. The fraction of sp³-hybridized carbons (Fsp3) is 0.273. The van der Waals surface area contributed by atoms with Crippen molar-refractivity contribution in [3.8, 4) is 0 Å². The monoisotopic (exact) mass is 253 g/mol. The van der Waals surface area contributed by atoms with Gasteiger partial charge in [-0.05, 0) is 19.1 Å². The van der Waals surface area contributed by atoms with Crippen molar-refractivity contribution in [2.75, 3.05) is 4.90 Å². The van der Waals surface area contributed by atoms with E-state index in [-0.39, 0.29) is 17.1 Å². The minimum atomic E-state index is -0.251. The van der Waals surface area contributed by atoms with Gasteiger partial charge in [-0.15, -0.1) is 11.4 Å². The average Bonchev–Trinajstić information content (AvgIpc) is 2.56. The van der Waals surface area contributed by atoms with Crippen molar-refractivity contribution in [1.82, 2.24) is 0 Å². The molecule has 0 N–H and O–H groups in total. The molecule has 1 aliphatic rings. The Kier molecular flexibility index (Phi) is 3.31. The van der Waals surface area contributed by atoms with Gasteiger partial charge in [-0.1, -0.05) is 26.1 Å². The lowest BCUT2D eigenvalue weighted by Gasteiger charge is -2.14. The van der Waals surface area contributed by atoms with Crippen LogP contribution in [0.2, 0.25) is 0 Å². The molecule has 84 valence electrons. The zero-order valence-corrected chi connectivity index (χ0v) is 10.8. The van der Waals surface area contributed by atoms with Crippen LogP contribution in [-0.4, -0.2) is 17.1 Å². The first-order valence-corrected chi connectivity index (χ1v) is 7.28. The largest absolute Gasteiger partial charge is 0.274 e. The van der Waals surface area contributed by atoms with Gasteiger partial charge in [0.25, 0.3) is 0 Å². The Morgan fingerprint density at radius 1 is 1.31 bits per heavy atom. The maximum atomic E-state index is 11.9. The molecule has 0 bridgehead atoms. The molecule has 1 aromatic rings. The molecule has 0 radical (unpaired) electrons. The van der Waals surface area contributed by atoms with Crippen LogP contribution in [0, 0.1) is 6.92 Å². The number of imide groups is 1. The molecule has 0 spiro atoms. The Balaban J connectivity index is 2.31. The Labute approximate surface area is 101 Å². The number of anilines is 1. The Hall–Kier alpha value is -0.860. The van der Waals surface area contributed by atoms with Crippen LogP contribution in [0.5, 0.6) is 0 Å². The molecule has 1 saturated heterocycles. The fourth-order valence-electron chi connectivity index (χ4n) is 1.68. The van der Waals surface area contributed by atoms with Crippen molar-refractivity contribution in [2.24, 2.45) is 0 Å². The van der Waals surface area contributed by atoms with Crippen molar-refractivity contribution in [2.45, 2.75) is 18.6 Å². The summed E-state index contributed by atoms with van der Waals surface area (Å²) >= 11 is 1.35. The first kappa shape index (κ1) is 11.6. The number of carbonyl (C=O) groups excluding carboxylic acids is 2. The predicted molar refractivity (Wildman–Crippen MR) is 69.4 cm³/mol. The number of amides is 2. The van der Waals surface area contributed by atoms with Gasteiger partial charge in [0.1, 0.15) is 0 Å². The van der Waals surface area contributed by atoms with E-state index in [1.54, 1.807) is 12.1 Å². The minimum Gasteiger partial charge on any atom is -0.274 e. The second-order valence-corrected chi connectivity index (χ2v) is 5.39. The van der Waals surface area contributed by atoms with E-state index in [2.05, 4.69) is 8.44 Å². The van der Waals surface area contributed by atoms with Crippen molar-refractivity contribution in [3.05, 3.63) is 29.8 Å². The summed E-state index contributed by atoms with van der Waals surface area (Å²) in [5.74, 6) is -0.234. The maximum absolute atomic E-state index is 11.9. The highest BCUT2D eigenvalue weighted by Crippen LogP contribution is 2.32. The first-order chi connectivity index (χ1) is 7.63. The first-order valence-electron chi connectivity index (χ1n) is 4.92. The van der Waals surface area contributed by atoms with Crippen LogP contribution >= 0.6 is 19.8 Å². The normalized spacial score (nSPS) is 20.6. The SMILES string of the molecule is Cc1ccc(N2C(=O)CC(SP)C2=O)cc1. The number of carbonyl (C=O) groups is 2. The number of benzene rings is 1. The molecule has 1 heterocycles. The van der Waals surface area contributed by atoms with E-state index >= 15 is 0 Å². The summed E-state index contributed by atoms with van der Waals surface area (Å²) in [5.41, 5.74) is 1.78. The van der Waals surface area contributed by atoms with Gasteiger partial charge in [0.15, 0.2) is 0 Å². The van der Waals surface area contributed by atoms with Gasteiger partial charge in [-0.25, -0.2) is 4.90 Å². The van der Waals surface area contributed by atoms with E-state index in [1.165, 1.54) is 16.3 Å². The molecule has 2 atom stereocenters. The summed E-state index contributed by atoms with van der Waals surface area (Å²) in [6.07, 6.45) is 0.293. The van der Waals surface area contributed by atoms with Crippen LogP contribution < -0.4 is 4.90 Å². The third kappa shape index (κ3) is 2.00. The molecule has 1 fully saturated rings. The molecule has 5 heteroatoms. The molecule has 3 nitrogen and oxygen atoms in total. The van der Waals surface area contributed by atoms with Gasteiger partial charge in [0.2, 0.25) is 11.8 Å². The molecule has 1 aliphatic heterocycles. The van der Waals surface area contributed by atoms with Gasteiger partial charge in [0, 0.05) is 6.42 Å². The van der Waals surface area contributed by atoms with Crippen LogP contribution in [0.3, 0.4) is 0 Å². The van der Waals surface area contributed by atoms with Crippen LogP contribution in [0.1, 0.15) is 12.0 Å². The fourth-order valence-corrected chi connectivity index (χ4v) is 2.77. The zero-order valence-electron chi connectivity index (χ0n) is 8.84. The third-order valence-corrected chi connectivity index (χ3v) is 4.24. The van der Waals surface area contributed by atoms with Crippen molar-refractivity contribution < 1.29 is 9.59 Å². The molecule has 0 saturated carbocycles. The van der Waals surface area contributed by atoms with Crippen LogP contribution in [0.15, 0.2) is 24.3 Å². The zero-order chi connectivity index (χ0) is 11.7. The summed E-state index contributed by atoms with van der Waals surface area (Å²) < 4.78 is 0. The standard InChI is InChI=1S/C11H12NO2PS/c1-7-2-4-8(5-3-7)12-10(13)6-9(16-15)11(12)14/h2-5,9H,6,15H2,1H3. The molecule has 0 aliphatic carbocycles. The van der Waals surface area contributed by atoms with Crippen LogP contribution in [0.25, 0.3) is 0 Å². The van der Waals surface area contributed by atoms with Crippen molar-refractivity contribution >= 4 is 37.3 Å². The van der Waals surface area contributed by atoms with Crippen LogP contribution in [0.4, 0.5) is 5.69 Å². The van der Waals surface area contributed by atoms with Crippen LogP contribution in [-0.2, 0) is 9.59 Å². The molecule has 16 heavy (non-hydrogen) atoms. The number of nitrogens with zero attached hydrogens (tertiary/aromatic N) is 1. The second kappa shape index (κ2) is 4.56. The smallest absolute Gasteiger partial charge is 0.247 e. The highest BCUT2D eigenvalue weighted by atomic mass is 32.7. The Morgan fingerprint density at radius 2 is 1.94 bits per heavy atom. The molecule has 2 rings (SSSR count). The van der Waals surface area contributed by atoms with Gasteiger partial charge < -0.3 is 0 Å². The molecule has 0 aromatic heterocycles. The van der Waals surface area contributed by atoms with E-state index in [0.29, 0.717) is 12.1 Å². The van der Waals surface area contributed by atoms with E-state index in [4.69, 9.17) is 0 Å². The molecule has 2 unspecified atom stereocenters. The molecule has 1 aromatic carbocycles. The summed E-state index contributed by atoms with van der Waals surface area (Å²) in [6, 6.07) is 7.41. The van der Waals surface area contributed by atoms with Gasteiger partial charge in [-0.2, -0.15) is 0 Å². The lowest BCUT2D eigenvalue weighted by atomic mass is 10.2. The maximum Gasteiger partial charge on any atom is 0.247 e. The minimum absolute atomic E-state index is 0.117. The van der Waals surface area contributed by atoms with Gasteiger partial charge in [0.05, 0.1) is 10.9 Å². The second-order valence-electron chi connectivity index (χ2n) is 3.73. The lowest BCUT2D eigenvalue weighted by Crippen LogP contribution is -2.30. The summed E-state index contributed by atoms with van der Waals surface area (Å²) in [4.78, 5) is 24.9. The van der Waals surface area contributed by atoms with Crippen molar-refractivity contribution in [1.29, 1.82) is 0 Å².